The number of carbonyl (C=O) groups excluding carboxylic acids is 2. The number of morpholine rings is 1. The quantitative estimate of drug-likeness (QED) is 0.885. The highest BCUT2D eigenvalue weighted by Gasteiger charge is 2.45. The van der Waals surface area contributed by atoms with Crippen LogP contribution in [0.4, 0.5) is 10.5 Å². The van der Waals surface area contributed by atoms with Crippen LogP contribution < -0.4 is 10.6 Å². The van der Waals surface area contributed by atoms with E-state index < -0.39 is 0 Å². The van der Waals surface area contributed by atoms with Gasteiger partial charge in [-0.15, -0.1) is 0 Å². The average Bonchev–Trinajstić information content (AvgIpc) is 3.38. The van der Waals surface area contributed by atoms with Gasteiger partial charge in [0.2, 0.25) is 5.91 Å². The topological polar surface area (TPSA) is 70.7 Å². The molecule has 0 unspecified atom stereocenters. The van der Waals surface area contributed by atoms with Crippen LogP contribution in [0.2, 0.25) is 0 Å². The van der Waals surface area contributed by atoms with Crippen LogP contribution in [0, 0.1) is 11.8 Å². The molecule has 0 spiro atoms. The molecule has 1 aliphatic carbocycles. The summed E-state index contributed by atoms with van der Waals surface area (Å²) in [5, 5.41) is 5.95. The van der Waals surface area contributed by atoms with Crippen LogP contribution in [-0.4, -0.2) is 48.7 Å². The molecule has 2 bridgehead atoms. The molecule has 24 heavy (non-hydrogen) atoms. The van der Waals surface area contributed by atoms with E-state index in [2.05, 4.69) is 10.6 Å². The van der Waals surface area contributed by atoms with E-state index in [1.807, 2.05) is 30.3 Å². The number of rotatable bonds is 4. The summed E-state index contributed by atoms with van der Waals surface area (Å²) in [7, 11) is 0. The molecule has 6 heteroatoms. The third kappa shape index (κ3) is 3.38. The summed E-state index contributed by atoms with van der Waals surface area (Å²) in [6, 6.07) is 9.29. The molecule has 3 amide bonds. The lowest BCUT2D eigenvalue weighted by molar-refractivity contribution is -0.127. The Bertz CT molecular complexity index is 617. The highest BCUT2D eigenvalue weighted by Crippen LogP contribution is 2.33. The zero-order valence-electron chi connectivity index (χ0n) is 13.6. The summed E-state index contributed by atoms with van der Waals surface area (Å²) >= 11 is 0. The van der Waals surface area contributed by atoms with Crippen LogP contribution in [0.1, 0.15) is 19.3 Å². The first kappa shape index (κ1) is 15.4. The highest BCUT2D eigenvalue weighted by molar-refractivity contribution is 5.89. The number of nitrogens with zero attached hydrogens (tertiary/aromatic N) is 1. The molecule has 0 radical (unpaired) electrons. The second-order valence-electron chi connectivity index (χ2n) is 7.03. The van der Waals surface area contributed by atoms with Crippen molar-refractivity contribution in [2.75, 3.05) is 25.0 Å². The van der Waals surface area contributed by atoms with Gasteiger partial charge in [0, 0.05) is 25.3 Å². The maximum absolute atomic E-state index is 12.4. The number of para-hydroxylation sites is 1. The molecule has 2 aliphatic heterocycles. The fourth-order valence-electron chi connectivity index (χ4n) is 3.52. The van der Waals surface area contributed by atoms with Crippen molar-refractivity contribution in [2.45, 2.75) is 31.5 Å². The summed E-state index contributed by atoms with van der Waals surface area (Å²) in [6.45, 7) is 1.79. The number of benzene rings is 1. The third-order valence-corrected chi connectivity index (χ3v) is 5.07. The lowest BCUT2D eigenvalue weighted by Gasteiger charge is -2.32. The number of ether oxygens (including phenoxy) is 1. The van der Waals surface area contributed by atoms with Crippen molar-refractivity contribution in [3.8, 4) is 0 Å². The van der Waals surface area contributed by atoms with Crippen molar-refractivity contribution in [3.05, 3.63) is 30.3 Å². The molecule has 3 fully saturated rings. The Balaban J connectivity index is 1.34. The predicted octanol–water partition coefficient (Wildman–Crippen LogP) is 1.83. The van der Waals surface area contributed by atoms with Gasteiger partial charge in [-0.3, -0.25) is 4.79 Å². The van der Waals surface area contributed by atoms with Crippen LogP contribution in [0.5, 0.6) is 0 Å². The lowest BCUT2D eigenvalue weighted by atomic mass is 9.99. The number of likely N-dealkylation sites (tertiary alicyclic amines) is 1. The van der Waals surface area contributed by atoms with Crippen LogP contribution in [0.15, 0.2) is 30.3 Å². The SMILES string of the molecule is O=C(NCC1CC1)[C@H]1C[C@@H]2CN(C(=O)Nc3ccccc3)C[C@H]1O2. The number of fused-ring (bicyclic) bond motifs is 2. The molecule has 128 valence electrons. The van der Waals surface area contributed by atoms with Gasteiger partial charge in [0.25, 0.3) is 0 Å². The maximum atomic E-state index is 12.4. The first-order valence-corrected chi connectivity index (χ1v) is 8.73. The summed E-state index contributed by atoms with van der Waals surface area (Å²) in [4.78, 5) is 26.6. The Hall–Kier alpha value is -2.08. The van der Waals surface area contributed by atoms with E-state index in [4.69, 9.17) is 4.74 Å². The number of hydrogen-bond acceptors (Lipinski definition) is 3. The minimum atomic E-state index is -0.190. The predicted molar refractivity (Wildman–Crippen MR) is 89.5 cm³/mol. The van der Waals surface area contributed by atoms with E-state index in [0.717, 1.165) is 12.2 Å². The zero-order chi connectivity index (χ0) is 16.5. The van der Waals surface area contributed by atoms with Crippen LogP contribution in [0.25, 0.3) is 0 Å². The Morgan fingerprint density at radius 2 is 1.96 bits per heavy atom. The molecular weight excluding hydrogens is 306 g/mol. The van der Waals surface area contributed by atoms with Gasteiger partial charge in [-0.2, -0.15) is 0 Å². The van der Waals surface area contributed by atoms with Crippen molar-refractivity contribution in [3.63, 3.8) is 0 Å². The third-order valence-electron chi connectivity index (χ3n) is 5.07. The van der Waals surface area contributed by atoms with E-state index in [1.165, 1.54) is 12.8 Å². The van der Waals surface area contributed by atoms with Gasteiger partial charge < -0.3 is 20.3 Å². The van der Waals surface area contributed by atoms with Crippen molar-refractivity contribution >= 4 is 17.6 Å². The van der Waals surface area contributed by atoms with Crippen molar-refractivity contribution in [2.24, 2.45) is 11.8 Å². The molecule has 4 rings (SSSR count). The molecule has 2 saturated heterocycles. The number of carbonyl (C=O) groups is 2. The molecule has 2 N–H and O–H groups in total. The van der Waals surface area contributed by atoms with E-state index in [1.54, 1.807) is 4.90 Å². The Kier molecular flexibility index (Phi) is 4.14. The summed E-state index contributed by atoms with van der Waals surface area (Å²) < 4.78 is 5.90. The van der Waals surface area contributed by atoms with Gasteiger partial charge in [-0.05, 0) is 37.3 Å². The molecule has 3 atom stereocenters. The van der Waals surface area contributed by atoms with Gasteiger partial charge in [-0.1, -0.05) is 18.2 Å². The number of nitrogens with one attached hydrogen (secondary N) is 2. The maximum Gasteiger partial charge on any atom is 0.322 e. The van der Waals surface area contributed by atoms with Crippen LogP contribution >= 0.6 is 0 Å². The summed E-state index contributed by atoms with van der Waals surface area (Å²) in [5.41, 5.74) is 0.778. The van der Waals surface area contributed by atoms with E-state index in [0.29, 0.717) is 25.4 Å². The number of urea groups is 1. The number of anilines is 1. The van der Waals surface area contributed by atoms with Crippen LogP contribution in [-0.2, 0) is 9.53 Å². The molecule has 2 heterocycles. The zero-order valence-corrected chi connectivity index (χ0v) is 13.6. The fraction of sp³-hybridized carbons (Fsp3) is 0.556. The first-order chi connectivity index (χ1) is 11.7. The largest absolute Gasteiger partial charge is 0.370 e. The van der Waals surface area contributed by atoms with Crippen molar-refractivity contribution in [1.29, 1.82) is 0 Å². The standard InChI is InChI=1S/C18H23N3O3/c22-17(19-9-12-6-7-12)15-8-14-10-21(11-16(15)24-14)18(23)20-13-4-2-1-3-5-13/h1-5,12,14-16H,6-11H2,(H,19,22)(H,20,23)/t14-,15+,16-/m1/s1. The monoisotopic (exact) mass is 329 g/mol. The lowest BCUT2D eigenvalue weighted by Crippen LogP contribution is -2.49. The fourth-order valence-corrected chi connectivity index (χ4v) is 3.52. The Labute approximate surface area is 141 Å². The van der Waals surface area contributed by atoms with E-state index >= 15 is 0 Å². The van der Waals surface area contributed by atoms with Crippen LogP contribution in [0.3, 0.4) is 0 Å². The van der Waals surface area contributed by atoms with Gasteiger partial charge in [0.15, 0.2) is 0 Å². The van der Waals surface area contributed by atoms with Gasteiger partial charge in [0.1, 0.15) is 0 Å². The minimum absolute atomic E-state index is 0.0399. The summed E-state index contributed by atoms with van der Waals surface area (Å²) in [5.74, 6) is 0.617. The van der Waals surface area contributed by atoms with Gasteiger partial charge in [0.05, 0.1) is 18.1 Å². The number of amides is 3. The minimum Gasteiger partial charge on any atom is -0.370 e. The normalized spacial score (nSPS) is 28.5. The molecule has 6 nitrogen and oxygen atoms in total. The van der Waals surface area contributed by atoms with E-state index in [-0.39, 0.29) is 30.1 Å². The first-order valence-electron chi connectivity index (χ1n) is 8.73. The molecule has 1 aromatic carbocycles. The average molecular weight is 329 g/mol. The molecule has 3 aliphatic rings. The Morgan fingerprint density at radius 1 is 1.17 bits per heavy atom. The summed E-state index contributed by atoms with van der Waals surface area (Å²) in [6.07, 6.45) is 2.92. The molecule has 1 saturated carbocycles. The molecule has 1 aromatic rings. The second kappa shape index (κ2) is 6.43. The van der Waals surface area contributed by atoms with Gasteiger partial charge in [-0.25, -0.2) is 4.79 Å². The second-order valence-corrected chi connectivity index (χ2v) is 7.03. The molecular formula is C18H23N3O3. The molecule has 0 aromatic heterocycles. The van der Waals surface area contributed by atoms with Gasteiger partial charge >= 0.3 is 6.03 Å². The number of hydrogen-bond donors (Lipinski definition) is 2. The Morgan fingerprint density at radius 3 is 2.71 bits per heavy atom. The van der Waals surface area contributed by atoms with Crippen molar-refractivity contribution in [1.82, 2.24) is 10.2 Å². The smallest absolute Gasteiger partial charge is 0.322 e. The van der Waals surface area contributed by atoms with E-state index in [9.17, 15) is 9.59 Å². The van der Waals surface area contributed by atoms with Crippen molar-refractivity contribution < 1.29 is 14.3 Å². The highest BCUT2D eigenvalue weighted by atomic mass is 16.5.